The zero-order valence-electron chi connectivity index (χ0n) is 33.6. The third kappa shape index (κ3) is 6.31. The first-order valence-electron chi connectivity index (χ1n) is 19.4. The fraction of sp³-hybridized carbons (Fsp3) is 0.200. The Bertz CT molecular complexity index is 2470. The van der Waals surface area contributed by atoms with E-state index < -0.39 is 16.1 Å². The lowest BCUT2D eigenvalue weighted by Crippen LogP contribution is -2.37. The van der Waals surface area contributed by atoms with Crippen molar-refractivity contribution < 1.29 is 0 Å². The average molecular weight is 737 g/mol. The van der Waals surface area contributed by atoms with Crippen LogP contribution in [0, 0.1) is 27.7 Å². The predicted octanol–water partition coefficient (Wildman–Crippen LogP) is 13.8. The van der Waals surface area contributed by atoms with Crippen molar-refractivity contribution in [2.45, 2.75) is 67.0 Å². The van der Waals surface area contributed by atoms with Crippen LogP contribution in [0.2, 0.25) is 39.3 Å². The van der Waals surface area contributed by atoms with E-state index in [1.165, 1.54) is 99.1 Å². The molecule has 0 aliphatic rings. The predicted molar refractivity (Wildman–Crippen MR) is 244 cm³/mol. The van der Waals surface area contributed by atoms with Gasteiger partial charge in [-0.2, -0.15) is 0 Å². The van der Waals surface area contributed by atoms with Crippen molar-refractivity contribution in [2.75, 3.05) is 9.80 Å². The van der Waals surface area contributed by atoms with Crippen LogP contribution in [0.5, 0.6) is 0 Å². The molecular formula is C50H52N2Si2. The Morgan fingerprint density at radius 3 is 1.04 bits per heavy atom. The molecule has 270 valence electrons. The number of aryl methyl sites for hydroxylation is 4. The van der Waals surface area contributed by atoms with Crippen LogP contribution >= 0.6 is 0 Å². The number of hydrogen-bond donors (Lipinski definition) is 0. The second-order valence-corrected chi connectivity index (χ2v) is 27.6. The Hall–Kier alpha value is -5.17. The van der Waals surface area contributed by atoms with Crippen LogP contribution in [-0.4, -0.2) is 16.1 Å². The molecule has 0 aliphatic heterocycles. The second kappa shape index (κ2) is 13.3. The number of hydrogen-bond acceptors (Lipinski definition) is 2. The Labute approximate surface area is 324 Å². The van der Waals surface area contributed by atoms with Gasteiger partial charge in [-0.25, -0.2) is 0 Å². The molecule has 0 heterocycles. The summed E-state index contributed by atoms with van der Waals surface area (Å²) < 4.78 is 0. The molecule has 0 aliphatic carbocycles. The van der Waals surface area contributed by atoms with Crippen molar-refractivity contribution in [3.8, 4) is 0 Å². The molecule has 2 nitrogen and oxygen atoms in total. The highest BCUT2D eigenvalue weighted by Crippen LogP contribution is 2.49. The van der Waals surface area contributed by atoms with E-state index in [-0.39, 0.29) is 0 Å². The lowest BCUT2D eigenvalue weighted by atomic mass is 9.88. The van der Waals surface area contributed by atoms with Crippen LogP contribution in [0.4, 0.5) is 34.1 Å². The lowest BCUT2D eigenvalue weighted by molar-refractivity contribution is 1.28. The monoisotopic (exact) mass is 736 g/mol. The van der Waals surface area contributed by atoms with Crippen LogP contribution in [0.1, 0.15) is 22.3 Å². The van der Waals surface area contributed by atoms with Crippen LogP contribution in [0.3, 0.4) is 0 Å². The zero-order chi connectivity index (χ0) is 38.1. The minimum absolute atomic E-state index is 1.18. The summed E-state index contributed by atoms with van der Waals surface area (Å²) in [7, 11) is -2.92. The van der Waals surface area contributed by atoms with Gasteiger partial charge in [0.05, 0.1) is 27.5 Å². The van der Waals surface area contributed by atoms with Crippen molar-refractivity contribution in [3.63, 3.8) is 0 Å². The minimum atomic E-state index is -1.46. The second-order valence-electron chi connectivity index (χ2n) is 17.4. The van der Waals surface area contributed by atoms with Gasteiger partial charge >= 0.3 is 0 Å². The Balaban J connectivity index is 1.42. The summed E-state index contributed by atoms with van der Waals surface area (Å²) in [6, 6.07) is 50.9. The Morgan fingerprint density at radius 1 is 0.352 bits per heavy atom. The van der Waals surface area contributed by atoms with E-state index >= 15 is 0 Å². The van der Waals surface area contributed by atoms with Gasteiger partial charge in [0.2, 0.25) is 0 Å². The first kappa shape index (κ1) is 35.8. The Kier molecular flexibility index (Phi) is 8.82. The van der Waals surface area contributed by atoms with Gasteiger partial charge < -0.3 is 9.80 Å². The summed E-state index contributed by atoms with van der Waals surface area (Å²) in [6.07, 6.45) is 0. The minimum Gasteiger partial charge on any atom is -0.310 e. The highest BCUT2D eigenvalue weighted by atomic mass is 28.3. The van der Waals surface area contributed by atoms with Crippen molar-refractivity contribution in [3.05, 3.63) is 156 Å². The van der Waals surface area contributed by atoms with E-state index in [0.717, 1.165) is 0 Å². The number of benzene rings is 8. The first-order chi connectivity index (χ1) is 25.7. The molecule has 0 N–H and O–H groups in total. The third-order valence-electron chi connectivity index (χ3n) is 11.3. The van der Waals surface area contributed by atoms with Crippen LogP contribution in [0.25, 0.3) is 32.3 Å². The molecule has 54 heavy (non-hydrogen) atoms. The van der Waals surface area contributed by atoms with Crippen LogP contribution in [0.15, 0.2) is 133 Å². The quantitative estimate of drug-likeness (QED) is 0.113. The van der Waals surface area contributed by atoms with Crippen molar-refractivity contribution in [2.24, 2.45) is 0 Å². The standard InChI is InChI=1S/C50H52N2Si2/c1-33-13-11-15-39(29-33)51(37-17-21-41(22-18-37)53(5,6)7)47-31-35(3)43-26-28-46-48(32-36(4)44-25-27-45(47)49(43)50(44)46)52(40-16-12-14-34(2)30-40)38-19-23-42(24-20-38)54(8,9)10/h11-32H,1-10H3. The van der Waals surface area contributed by atoms with Crippen LogP contribution < -0.4 is 20.2 Å². The fourth-order valence-corrected chi connectivity index (χ4v) is 10.6. The highest BCUT2D eigenvalue weighted by molar-refractivity contribution is 6.89. The summed E-state index contributed by atoms with van der Waals surface area (Å²) in [4.78, 5) is 4.96. The first-order valence-corrected chi connectivity index (χ1v) is 26.4. The Morgan fingerprint density at radius 2 is 0.704 bits per heavy atom. The molecule has 0 unspecified atom stereocenters. The van der Waals surface area contributed by atoms with Gasteiger partial charge in [-0.3, -0.25) is 0 Å². The lowest BCUT2D eigenvalue weighted by Gasteiger charge is -2.31. The summed E-state index contributed by atoms with van der Waals surface area (Å²) in [5, 5.41) is 10.8. The third-order valence-corrected chi connectivity index (χ3v) is 15.4. The number of nitrogens with zero attached hydrogens (tertiary/aromatic N) is 2. The van der Waals surface area contributed by atoms with Gasteiger partial charge in [0.15, 0.2) is 0 Å². The van der Waals surface area contributed by atoms with Gasteiger partial charge in [0.25, 0.3) is 0 Å². The molecule has 0 saturated heterocycles. The van der Waals surface area contributed by atoms with Gasteiger partial charge in [-0.05, 0) is 132 Å². The molecule has 0 bridgehead atoms. The molecule has 8 aromatic rings. The summed E-state index contributed by atoms with van der Waals surface area (Å²) in [5.41, 5.74) is 12.2. The van der Waals surface area contributed by atoms with E-state index in [1.54, 1.807) is 0 Å². The average Bonchev–Trinajstić information content (AvgIpc) is 3.12. The normalized spacial score (nSPS) is 12.3. The molecule has 8 aromatic carbocycles. The van der Waals surface area contributed by atoms with Gasteiger partial charge in [-0.1, -0.05) is 122 Å². The zero-order valence-corrected chi connectivity index (χ0v) is 35.6. The van der Waals surface area contributed by atoms with Crippen molar-refractivity contribution in [1.82, 2.24) is 0 Å². The van der Waals surface area contributed by atoms with E-state index in [9.17, 15) is 0 Å². The maximum atomic E-state index is 2.48. The maximum Gasteiger partial charge on any atom is 0.0775 e. The molecule has 0 fully saturated rings. The number of anilines is 6. The summed E-state index contributed by atoms with van der Waals surface area (Å²) in [5.74, 6) is 0. The maximum absolute atomic E-state index is 2.48. The summed E-state index contributed by atoms with van der Waals surface area (Å²) in [6.45, 7) is 23.5. The molecule has 0 amide bonds. The van der Waals surface area contributed by atoms with E-state index in [2.05, 4.69) is 210 Å². The van der Waals surface area contributed by atoms with E-state index in [0.29, 0.717) is 0 Å². The van der Waals surface area contributed by atoms with Crippen molar-refractivity contribution in [1.29, 1.82) is 0 Å². The van der Waals surface area contributed by atoms with Gasteiger partial charge in [0.1, 0.15) is 0 Å². The van der Waals surface area contributed by atoms with Gasteiger partial charge in [-0.15, -0.1) is 0 Å². The molecule has 4 heteroatoms. The van der Waals surface area contributed by atoms with Crippen LogP contribution in [-0.2, 0) is 0 Å². The SMILES string of the molecule is Cc1cccc(N(c2ccc([Si](C)(C)C)cc2)c2cc(C)c3ccc4c(N(c5ccc([Si](C)(C)C)cc5)c5cccc(C)c5)cc(C)c5ccc2c3c54)c1. The molecule has 0 radical (unpaired) electrons. The molecular weight excluding hydrogens is 685 g/mol. The summed E-state index contributed by atoms with van der Waals surface area (Å²) >= 11 is 0. The topological polar surface area (TPSA) is 6.48 Å². The molecule has 0 saturated carbocycles. The molecule has 0 aromatic heterocycles. The molecule has 0 spiro atoms. The van der Waals surface area contributed by atoms with Crippen molar-refractivity contribution >= 4 is 93.0 Å². The highest BCUT2D eigenvalue weighted by Gasteiger charge is 2.25. The smallest absolute Gasteiger partial charge is 0.0775 e. The largest absolute Gasteiger partial charge is 0.310 e. The van der Waals surface area contributed by atoms with E-state index in [4.69, 9.17) is 0 Å². The fourth-order valence-electron chi connectivity index (χ4n) is 8.28. The molecule has 0 atom stereocenters. The molecule has 8 rings (SSSR count). The van der Waals surface area contributed by atoms with Gasteiger partial charge in [0, 0.05) is 33.5 Å². The number of rotatable bonds is 8. The van der Waals surface area contributed by atoms with E-state index in [1.807, 2.05) is 0 Å².